The third-order valence-corrected chi connectivity index (χ3v) is 11.4. The number of furan rings is 1. The van der Waals surface area contributed by atoms with Gasteiger partial charge in [0.05, 0.1) is 5.56 Å². The van der Waals surface area contributed by atoms with Gasteiger partial charge in [0.1, 0.15) is 11.2 Å². The van der Waals surface area contributed by atoms with Crippen molar-refractivity contribution in [3.05, 3.63) is 224 Å². The Balaban J connectivity index is 1.16. The Morgan fingerprint density at radius 3 is 1.08 bits per heavy atom. The van der Waals surface area contributed by atoms with E-state index in [1.807, 2.05) is 18.2 Å². The molecule has 11 aromatic rings. The summed E-state index contributed by atoms with van der Waals surface area (Å²) in [5, 5.41) is 2.04. The standard InChI is InChI=1S/C57H37N3O/c1-6-16-38(17-7-1)41-26-30-45(31-27-41)55-58-56(46-32-28-42(29-33-46)39-18-8-2-9-19-39)60-57(59-55)49-35-34-48(43-22-12-4-13-23-43)52-51-37-47(40-20-10-3-11-21-40)36-50(53(51)61-54(49)52)44-24-14-5-15-25-44/h1-37H. The molecule has 0 N–H and O–H groups in total. The predicted molar refractivity (Wildman–Crippen MR) is 251 cm³/mol. The molecular weight excluding hydrogens is 743 g/mol. The van der Waals surface area contributed by atoms with E-state index in [0.717, 1.165) is 94.3 Å². The van der Waals surface area contributed by atoms with Crippen molar-refractivity contribution in [2.75, 3.05) is 0 Å². The lowest BCUT2D eigenvalue weighted by Gasteiger charge is -2.11. The van der Waals surface area contributed by atoms with Crippen LogP contribution in [-0.4, -0.2) is 15.0 Å². The number of aromatic nitrogens is 3. The lowest BCUT2D eigenvalue weighted by Crippen LogP contribution is -2.00. The van der Waals surface area contributed by atoms with Gasteiger partial charge in [-0.3, -0.25) is 0 Å². The molecule has 0 aliphatic rings. The Hall–Kier alpha value is -8.21. The summed E-state index contributed by atoms with van der Waals surface area (Å²) in [7, 11) is 0. The minimum atomic E-state index is 0.535. The van der Waals surface area contributed by atoms with Gasteiger partial charge in [-0.2, -0.15) is 0 Å². The predicted octanol–water partition coefficient (Wildman–Crippen LogP) is 15.1. The van der Waals surface area contributed by atoms with E-state index in [-0.39, 0.29) is 0 Å². The van der Waals surface area contributed by atoms with Crippen molar-refractivity contribution in [1.29, 1.82) is 0 Å². The molecule has 0 saturated carbocycles. The number of rotatable bonds is 8. The van der Waals surface area contributed by atoms with Crippen molar-refractivity contribution >= 4 is 21.9 Å². The summed E-state index contributed by atoms with van der Waals surface area (Å²) < 4.78 is 7.20. The zero-order valence-corrected chi connectivity index (χ0v) is 33.1. The molecule has 2 aromatic heterocycles. The first-order valence-corrected chi connectivity index (χ1v) is 20.5. The summed E-state index contributed by atoms with van der Waals surface area (Å²) in [4.78, 5) is 15.6. The van der Waals surface area contributed by atoms with Crippen molar-refractivity contribution in [3.63, 3.8) is 0 Å². The first-order valence-electron chi connectivity index (χ1n) is 20.5. The van der Waals surface area contributed by atoms with Gasteiger partial charge in [0.15, 0.2) is 17.5 Å². The molecule has 0 saturated heterocycles. The third kappa shape index (κ3) is 6.86. The molecule has 2 heterocycles. The Kier molecular flexibility index (Phi) is 9.14. The summed E-state index contributed by atoms with van der Waals surface area (Å²) in [5.74, 6) is 1.70. The molecule has 11 rings (SSSR count). The second-order valence-corrected chi connectivity index (χ2v) is 15.2. The fraction of sp³-hybridized carbons (Fsp3) is 0. The molecule has 4 heteroatoms. The maximum atomic E-state index is 7.20. The fourth-order valence-corrected chi connectivity index (χ4v) is 8.29. The molecule has 0 aliphatic heterocycles. The minimum Gasteiger partial charge on any atom is -0.455 e. The van der Waals surface area contributed by atoms with Crippen LogP contribution in [-0.2, 0) is 0 Å². The van der Waals surface area contributed by atoms with Gasteiger partial charge < -0.3 is 4.42 Å². The van der Waals surface area contributed by atoms with Gasteiger partial charge in [0.25, 0.3) is 0 Å². The topological polar surface area (TPSA) is 51.8 Å². The van der Waals surface area contributed by atoms with Gasteiger partial charge in [-0.05, 0) is 68.3 Å². The lowest BCUT2D eigenvalue weighted by atomic mass is 9.92. The zero-order valence-electron chi connectivity index (χ0n) is 33.1. The van der Waals surface area contributed by atoms with E-state index in [4.69, 9.17) is 19.4 Å². The Morgan fingerprint density at radius 1 is 0.246 bits per heavy atom. The SMILES string of the molecule is c1ccc(-c2ccc(-c3nc(-c4ccc(-c5ccccc5)cc4)nc(-c4ccc(-c5ccccc5)c5c4oc4c(-c6ccccc6)cc(-c6ccccc6)cc45)n3)cc2)cc1. The van der Waals surface area contributed by atoms with Crippen LogP contribution < -0.4 is 0 Å². The number of hydrogen-bond acceptors (Lipinski definition) is 4. The Bertz CT molecular complexity index is 3190. The maximum absolute atomic E-state index is 7.20. The smallest absolute Gasteiger partial charge is 0.167 e. The van der Waals surface area contributed by atoms with Crippen LogP contribution in [0.5, 0.6) is 0 Å². The van der Waals surface area contributed by atoms with E-state index in [2.05, 4.69) is 206 Å². The average Bonchev–Trinajstić information content (AvgIpc) is 3.74. The molecule has 4 nitrogen and oxygen atoms in total. The summed E-state index contributed by atoms with van der Waals surface area (Å²) in [5.41, 5.74) is 15.2. The van der Waals surface area contributed by atoms with E-state index in [1.54, 1.807) is 0 Å². The molecule has 0 atom stereocenters. The molecule has 0 unspecified atom stereocenters. The van der Waals surface area contributed by atoms with Crippen LogP contribution in [0.2, 0.25) is 0 Å². The van der Waals surface area contributed by atoms with Crippen molar-refractivity contribution in [2.24, 2.45) is 0 Å². The van der Waals surface area contributed by atoms with E-state index in [1.165, 1.54) is 0 Å². The van der Waals surface area contributed by atoms with Crippen LogP contribution >= 0.6 is 0 Å². The quantitative estimate of drug-likeness (QED) is 0.154. The van der Waals surface area contributed by atoms with Crippen LogP contribution in [0.4, 0.5) is 0 Å². The first-order chi connectivity index (χ1) is 30.2. The summed E-state index contributed by atoms with van der Waals surface area (Å²) in [6.07, 6.45) is 0. The monoisotopic (exact) mass is 779 g/mol. The van der Waals surface area contributed by atoms with Crippen LogP contribution in [0.15, 0.2) is 229 Å². The van der Waals surface area contributed by atoms with Gasteiger partial charge in [-0.15, -0.1) is 0 Å². The van der Waals surface area contributed by atoms with E-state index in [0.29, 0.717) is 17.5 Å². The van der Waals surface area contributed by atoms with E-state index in [9.17, 15) is 0 Å². The number of nitrogens with zero attached hydrogens (tertiary/aromatic N) is 3. The lowest BCUT2D eigenvalue weighted by molar-refractivity contribution is 0.670. The molecule has 0 radical (unpaired) electrons. The third-order valence-electron chi connectivity index (χ3n) is 11.4. The van der Waals surface area contributed by atoms with Crippen molar-refractivity contribution in [3.8, 4) is 89.8 Å². The molecule has 0 fully saturated rings. The van der Waals surface area contributed by atoms with E-state index >= 15 is 0 Å². The molecule has 0 bridgehead atoms. The van der Waals surface area contributed by atoms with E-state index < -0.39 is 0 Å². The molecule has 0 amide bonds. The van der Waals surface area contributed by atoms with Crippen LogP contribution in [0.1, 0.15) is 0 Å². The molecule has 0 aliphatic carbocycles. The van der Waals surface area contributed by atoms with Gasteiger partial charge in [0, 0.05) is 27.5 Å². The van der Waals surface area contributed by atoms with Gasteiger partial charge >= 0.3 is 0 Å². The highest BCUT2D eigenvalue weighted by molar-refractivity contribution is 6.19. The second kappa shape index (κ2) is 15.5. The van der Waals surface area contributed by atoms with Gasteiger partial charge in [-0.25, -0.2) is 15.0 Å². The summed E-state index contributed by atoms with van der Waals surface area (Å²) >= 11 is 0. The molecule has 9 aromatic carbocycles. The van der Waals surface area contributed by atoms with Crippen molar-refractivity contribution in [1.82, 2.24) is 15.0 Å². The number of hydrogen-bond donors (Lipinski definition) is 0. The summed E-state index contributed by atoms with van der Waals surface area (Å²) in [6, 6.07) is 78.1. The van der Waals surface area contributed by atoms with Crippen molar-refractivity contribution in [2.45, 2.75) is 0 Å². The average molecular weight is 780 g/mol. The van der Waals surface area contributed by atoms with Gasteiger partial charge in [-0.1, -0.05) is 206 Å². The molecule has 0 spiro atoms. The largest absolute Gasteiger partial charge is 0.455 e. The number of fused-ring (bicyclic) bond motifs is 3. The fourth-order valence-electron chi connectivity index (χ4n) is 8.29. The maximum Gasteiger partial charge on any atom is 0.167 e. The normalized spacial score (nSPS) is 11.3. The van der Waals surface area contributed by atoms with Crippen LogP contribution in [0.3, 0.4) is 0 Å². The zero-order chi connectivity index (χ0) is 40.5. The Labute approximate surface area is 354 Å². The van der Waals surface area contributed by atoms with Crippen molar-refractivity contribution < 1.29 is 4.42 Å². The molecule has 61 heavy (non-hydrogen) atoms. The van der Waals surface area contributed by atoms with Crippen LogP contribution in [0.25, 0.3) is 112 Å². The highest BCUT2D eigenvalue weighted by Crippen LogP contribution is 2.46. The molecule has 286 valence electrons. The highest BCUT2D eigenvalue weighted by Gasteiger charge is 2.23. The first kappa shape index (κ1) is 35.9. The Morgan fingerprint density at radius 2 is 0.607 bits per heavy atom. The molecular formula is C57H37N3O. The highest BCUT2D eigenvalue weighted by atomic mass is 16.3. The summed E-state index contributed by atoms with van der Waals surface area (Å²) in [6.45, 7) is 0. The minimum absolute atomic E-state index is 0.535. The van der Waals surface area contributed by atoms with Gasteiger partial charge in [0.2, 0.25) is 0 Å². The van der Waals surface area contributed by atoms with Crippen LogP contribution in [0, 0.1) is 0 Å². The second-order valence-electron chi connectivity index (χ2n) is 15.2. The number of benzene rings is 9.